The Bertz CT molecular complexity index is 403. The van der Waals surface area contributed by atoms with Gasteiger partial charge in [0.1, 0.15) is 0 Å². The molecule has 1 aromatic carbocycles. The van der Waals surface area contributed by atoms with Gasteiger partial charge < -0.3 is 20.1 Å². The minimum Gasteiger partial charge on any atom is -0.429 e. The molecule has 0 aliphatic rings. The normalized spacial score (nSPS) is 12.8. The van der Waals surface area contributed by atoms with E-state index in [4.69, 9.17) is 10.2 Å². The van der Waals surface area contributed by atoms with E-state index in [0.717, 1.165) is 0 Å². The average molecular weight is 255 g/mol. The number of hydrogen-bond acceptors (Lipinski definition) is 7. The summed E-state index contributed by atoms with van der Waals surface area (Å²) in [6, 6.07) is 7.76. The highest BCUT2D eigenvalue weighted by atomic mass is 16.6. The Kier molecular flexibility index (Phi) is 4.90. The number of aliphatic hydroxyl groups is 3. The summed E-state index contributed by atoms with van der Waals surface area (Å²) < 4.78 is 4.58. The van der Waals surface area contributed by atoms with Crippen molar-refractivity contribution in [3.05, 3.63) is 40.8 Å². The summed E-state index contributed by atoms with van der Waals surface area (Å²) in [5.41, 5.74) is -2.00. The lowest BCUT2D eigenvalue weighted by Crippen LogP contribution is -2.49. The molecular weight excluding hydrogens is 242 g/mol. The fourth-order valence-electron chi connectivity index (χ4n) is 1.16. The first-order valence-corrected chi connectivity index (χ1v) is 5.10. The topological polar surface area (TPSA) is 116 Å². The predicted octanol–water partition coefficient (Wildman–Crippen LogP) is -0.348. The van der Waals surface area contributed by atoms with Crippen LogP contribution in [-0.2, 0) is 4.74 Å². The second kappa shape index (κ2) is 6.20. The summed E-state index contributed by atoms with van der Waals surface area (Å²) >= 11 is 0. The van der Waals surface area contributed by atoms with E-state index in [2.05, 4.69) is 9.91 Å². The second-order valence-electron chi connectivity index (χ2n) is 3.63. The molecule has 0 fully saturated rings. The van der Waals surface area contributed by atoms with Crippen molar-refractivity contribution >= 4 is 5.97 Å². The molecule has 18 heavy (non-hydrogen) atoms. The highest BCUT2D eigenvalue weighted by Crippen LogP contribution is 2.17. The number of carbonyl (C=O) groups excluding carboxylic acids is 1. The minimum atomic E-state index is -2.16. The molecule has 7 heteroatoms. The van der Waals surface area contributed by atoms with E-state index >= 15 is 0 Å². The molecule has 7 nitrogen and oxygen atoms in total. The number of ether oxygens (including phenoxy) is 1. The summed E-state index contributed by atoms with van der Waals surface area (Å²) in [4.78, 5) is 22.1. The largest absolute Gasteiger partial charge is 0.429 e. The highest BCUT2D eigenvalue weighted by Gasteiger charge is 2.42. The molecule has 0 saturated carbocycles. The highest BCUT2D eigenvalue weighted by molar-refractivity contribution is 5.89. The van der Waals surface area contributed by atoms with Crippen LogP contribution in [0.25, 0.3) is 0 Å². The van der Waals surface area contributed by atoms with Gasteiger partial charge in [-0.15, -0.1) is 4.91 Å². The SMILES string of the molecule is O=NC(CO)(CO)C(O)OC(=O)c1ccccc1. The van der Waals surface area contributed by atoms with Crippen LogP contribution < -0.4 is 0 Å². The number of nitrogens with zero attached hydrogens (tertiary/aromatic N) is 1. The van der Waals surface area contributed by atoms with Crippen molar-refractivity contribution in [3.63, 3.8) is 0 Å². The van der Waals surface area contributed by atoms with Gasteiger partial charge in [0.25, 0.3) is 0 Å². The van der Waals surface area contributed by atoms with E-state index in [0.29, 0.717) is 0 Å². The Balaban J connectivity index is 2.78. The van der Waals surface area contributed by atoms with Crippen molar-refractivity contribution in [1.82, 2.24) is 0 Å². The summed E-state index contributed by atoms with van der Waals surface area (Å²) in [5, 5.41) is 29.8. The van der Waals surface area contributed by atoms with Crippen molar-refractivity contribution in [2.45, 2.75) is 11.8 Å². The van der Waals surface area contributed by atoms with Crippen molar-refractivity contribution in [2.24, 2.45) is 5.18 Å². The number of nitroso groups, excluding NO2 is 1. The molecule has 1 unspecified atom stereocenters. The maximum atomic E-state index is 11.6. The Morgan fingerprint density at radius 3 is 2.28 bits per heavy atom. The summed E-state index contributed by atoms with van der Waals surface area (Å²) in [6.07, 6.45) is -2.03. The second-order valence-corrected chi connectivity index (χ2v) is 3.63. The average Bonchev–Trinajstić information content (AvgIpc) is 2.42. The van der Waals surface area contributed by atoms with Crippen LogP contribution in [0, 0.1) is 4.91 Å². The van der Waals surface area contributed by atoms with E-state index in [-0.39, 0.29) is 5.56 Å². The molecule has 0 amide bonds. The lowest BCUT2D eigenvalue weighted by atomic mass is 10.0. The molecule has 0 saturated heterocycles. The van der Waals surface area contributed by atoms with Gasteiger partial charge in [0.2, 0.25) is 11.8 Å². The van der Waals surface area contributed by atoms with Crippen LogP contribution in [0.5, 0.6) is 0 Å². The van der Waals surface area contributed by atoms with E-state index < -0.39 is 31.0 Å². The van der Waals surface area contributed by atoms with Gasteiger partial charge in [-0.05, 0) is 12.1 Å². The van der Waals surface area contributed by atoms with Crippen LogP contribution in [0.3, 0.4) is 0 Å². The molecule has 0 aromatic heterocycles. The fraction of sp³-hybridized carbons (Fsp3) is 0.364. The van der Waals surface area contributed by atoms with Gasteiger partial charge in [0, 0.05) is 0 Å². The van der Waals surface area contributed by atoms with Crippen molar-refractivity contribution in [3.8, 4) is 0 Å². The number of aliphatic hydroxyl groups excluding tert-OH is 3. The Hall–Kier alpha value is -1.83. The third-order valence-electron chi connectivity index (χ3n) is 2.42. The van der Waals surface area contributed by atoms with Crippen LogP contribution in [0.2, 0.25) is 0 Å². The molecule has 0 bridgehead atoms. The van der Waals surface area contributed by atoms with Gasteiger partial charge in [-0.2, -0.15) is 0 Å². The maximum Gasteiger partial charge on any atom is 0.340 e. The molecule has 0 radical (unpaired) electrons. The van der Waals surface area contributed by atoms with Crippen LogP contribution in [0.4, 0.5) is 0 Å². The smallest absolute Gasteiger partial charge is 0.340 e. The van der Waals surface area contributed by atoms with Crippen LogP contribution in [0.1, 0.15) is 10.4 Å². The van der Waals surface area contributed by atoms with Gasteiger partial charge in [-0.25, -0.2) is 4.79 Å². The number of benzene rings is 1. The fourth-order valence-corrected chi connectivity index (χ4v) is 1.16. The summed E-state index contributed by atoms with van der Waals surface area (Å²) in [5.74, 6) is -0.891. The standard InChI is InChI=1S/C11H13NO6/c13-6-11(7-14,12-17)10(16)18-9(15)8-4-2-1-3-5-8/h1-5,10,13-14,16H,6-7H2. The molecule has 1 aromatic rings. The molecule has 0 spiro atoms. The van der Waals surface area contributed by atoms with Crippen LogP contribution in [0.15, 0.2) is 35.5 Å². The molecule has 0 heterocycles. The van der Waals surface area contributed by atoms with Gasteiger partial charge in [0.05, 0.1) is 18.8 Å². The van der Waals surface area contributed by atoms with E-state index in [1.165, 1.54) is 12.1 Å². The monoisotopic (exact) mass is 255 g/mol. The number of esters is 1. The molecule has 3 N–H and O–H groups in total. The quantitative estimate of drug-likeness (QED) is 0.363. The zero-order valence-corrected chi connectivity index (χ0v) is 9.39. The van der Waals surface area contributed by atoms with Crippen LogP contribution in [-0.4, -0.2) is 46.3 Å². The molecule has 1 rings (SSSR count). The zero-order chi connectivity index (χ0) is 13.6. The first kappa shape index (κ1) is 14.2. The Morgan fingerprint density at radius 2 is 1.83 bits per heavy atom. The number of carbonyl (C=O) groups is 1. The van der Waals surface area contributed by atoms with E-state index in [9.17, 15) is 14.8 Å². The van der Waals surface area contributed by atoms with Gasteiger partial charge >= 0.3 is 5.97 Å². The van der Waals surface area contributed by atoms with Gasteiger partial charge in [0.15, 0.2) is 0 Å². The lowest BCUT2D eigenvalue weighted by Gasteiger charge is -2.26. The third-order valence-corrected chi connectivity index (χ3v) is 2.42. The third kappa shape index (κ3) is 2.89. The first-order chi connectivity index (χ1) is 8.59. The zero-order valence-electron chi connectivity index (χ0n) is 9.39. The Morgan fingerprint density at radius 1 is 1.28 bits per heavy atom. The number of rotatable bonds is 6. The predicted molar refractivity (Wildman–Crippen MR) is 60.6 cm³/mol. The molecule has 0 aliphatic carbocycles. The Labute approximate surface area is 103 Å². The molecule has 98 valence electrons. The van der Waals surface area contributed by atoms with Crippen LogP contribution >= 0.6 is 0 Å². The molecule has 0 aliphatic heterocycles. The minimum absolute atomic E-state index is 0.159. The van der Waals surface area contributed by atoms with Crippen molar-refractivity contribution in [2.75, 3.05) is 13.2 Å². The first-order valence-electron chi connectivity index (χ1n) is 5.10. The van der Waals surface area contributed by atoms with E-state index in [1.54, 1.807) is 18.2 Å². The molecular formula is C11H13NO6. The van der Waals surface area contributed by atoms with Gasteiger partial charge in [-0.3, -0.25) is 0 Å². The molecule has 1 atom stereocenters. The maximum absolute atomic E-state index is 11.6. The van der Waals surface area contributed by atoms with Crippen molar-refractivity contribution in [1.29, 1.82) is 0 Å². The van der Waals surface area contributed by atoms with E-state index in [1.807, 2.05) is 0 Å². The lowest BCUT2D eigenvalue weighted by molar-refractivity contribution is -0.130. The van der Waals surface area contributed by atoms with Crippen molar-refractivity contribution < 1.29 is 24.9 Å². The summed E-state index contributed by atoms with van der Waals surface area (Å²) in [6.45, 7) is -1.90. The number of hydrogen-bond donors (Lipinski definition) is 3. The van der Waals surface area contributed by atoms with Gasteiger partial charge in [-0.1, -0.05) is 23.4 Å². The summed E-state index contributed by atoms with van der Waals surface area (Å²) in [7, 11) is 0.